The summed E-state index contributed by atoms with van der Waals surface area (Å²) in [7, 11) is 1.68. The third-order valence-electron chi connectivity index (χ3n) is 7.34. The number of carbonyl (C=O) groups is 2. The van der Waals surface area contributed by atoms with Gasteiger partial charge in [-0.3, -0.25) is 19.5 Å². The summed E-state index contributed by atoms with van der Waals surface area (Å²) in [5, 5.41) is 11.0. The molecule has 3 aromatic rings. The lowest BCUT2D eigenvalue weighted by molar-refractivity contribution is -0.121. The molecular formula is C31H38FN7O2S. The van der Waals surface area contributed by atoms with Gasteiger partial charge >= 0.3 is 0 Å². The zero-order valence-corrected chi connectivity index (χ0v) is 24.4. The summed E-state index contributed by atoms with van der Waals surface area (Å²) in [4.78, 5) is 36.6. The van der Waals surface area contributed by atoms with Crippen LogP contribution in [0.3, 0.4) is 0 Å². The van der Waals surface area contributed by atoms with E-state index in [4.69, 9.17) is 5.10 Å². The number of rotatable bonds is 9. The van der Waals surface area contributed by atoms with E-state index < -0.39 is 5.82 Å². The molecule has 0 radical (unpaired) electrons. The molecule has 1 atom stereocenters. The molecule has 42 heavy (non-hydrogen) atoms. The van der Waals surface area contributed by atoms with Crippen molar-refractivity contribution in [1.82, 2.24) is 19.7 Å². The fourth-order valence-corrected chi connectivity index (χ4v) is 6.69. The lowest BCUT2D eigenvalue weighted by Crippen LogP contribution is -2.42. The lowest BCUT2D eigenvalue weighted by Gasteiger charge is -2.25. The van der Waals surface area contributed by atoms with E-state index >= 15 is 4.39 Å². The second-order valence-corrected chi connectivity index (χ2v) is 11.1. The Bertz CT molecular complexity index is 1550. The highest BCUT2D eigenvalue weighted by atomic mass is 32.1. The minimum atomic E-state index is -0.522. The second kappa shape index (κ2) is 13.3. The molecule has 1 aliphatic heterocycles. The van der Waals surface area contributed by atoms with E-state index in [-0.39, 0.29) is 31.0 Å². The van der Waals surface area contributed by atoms with Gasteiger partial charge < -0.3 is 10.6 Å². The molecule has 3 heterocycles. The number of allylic oxidation sites excluding steroid dienone is 3. The number of nitrogens with one attached hydrogen (secondary N) is 2. The Kier molecular flexibility index (Phi) is 9.85. The van der Waals surface area contributed by atoms with Crippen LogP contribution in [0.15, 0.2) is 41.9 Å². The zero-order valence-electron chi connectivity index (χ0n) is 23.5. The number of aliphatic imine (C=N–C) groups is 1. The van der Waals surface area contributed by atoms with Gasteiger partial charge in [0.2, 0.25) is 11.8 Å². The molecule has 0 bridgehead atoms. The van der Waals surface area contributed by atoms with Crippen molar-refractivity contribution in [3.8, 4) is 16.3 Å². The van der Waals surface area contributed by atoms with Gasteiger partial charge in [-0.1, -0.05) is 44.4 Å². The number of amides is 2. The molecule has 0 spiro atoms. The number of fused-ring (bicyclic) bond motifs is 3. The van der Waals surface area contributed by atoms with Gasteiger partial charge in [0.1, 0.15) is 5.69 Å². The number of hydrogen-bond donors (Lipinski definition) is 2. The van der Waals surface area contributed by atoms with E-state index in [0.29, 0.717) is 35.8 Å². The Morgan fingerprint density at radius 2 is 2.00 bits per heavy atom. The van der Waals surface area contributed by atoms with Gasteiger partial charge in [-0.15, -0.1) is 0 Å². The van der Waals surface area contributed by atoms with Crippen molar-refractivity contribution >= 4 is 45.8 Å². The SMILES string of the molecule is C.C=C/C=C(\C=NC)c1nn(-c2ccc(NC(=O)C(CC)N3CCCC3)cc2F)c2c1CCc1nc(NC(C)=O)sc1-2. The average molecular weight is 592 g/mol. The predicted octanol–water partition coefficient (Wildman–Crippen LogP) is 5.91. The quantitative estimate of drug-likeness (QED) is 0.238. The summed E-state index contributed by atoms with van der Waals surface area (Å²) in [6.07, 6.45) is 9.36. The van der Waals surface area contributed by atoms with Crippen LogP contribution in [0.2, 0.25) is 0 Å². The molecule has 2 amide bonds. The Balaban J connectivity index is 0.00000405. The molecule has 5 rings (SSSR count). The molecule has 2 N–H and O–H groups in total. The van der Waals surface area contributed by atoms with E-state index in [1.807, 2.05) is 13.0 Å². The van der Waals surface area contributed by atoms with Gasteiger partial charge in [0.15, 0.2) is 10.9 Å². The summed E-state index contributed by atoms with van der Waals surface area (Å²) in [5.41, 5.74) is 4.57. The van der Waals surface area contributed by atoms with Gasteiger partial charge in [0.05, 0.1) is 28.0 Å². The topological polar surface area (TPSA) is 105 Å². The molecule has 0 saturated carbocycles. The van der Waals surface area contributed by atoms with Crippen LogP contribution in [0, 0.1) is 5.82 Å². The van der Waals surface area contributed by atoms with Gasteiger partial charge in [0.25, 0.3) is 0 Å². The maximum absolute atomic E-state index is 15.9. The van der Waals surface area contributed by atoms with Crippen LogP contribution in [-0.4, -0.2) is 63.9 Å². The summed E-state index contributed by atoms with van der Waals surface area (Å²) in [6.45, 7) is 9.06. The first-order valence-electron chi connectivity index (χ1n) is 13.8. The molecule has 2 aliphatic rings. The third-order valence-corrected chi connectivity index (χ3v) is 8.36. The number of likely N-dealkylation sites (tertiary alicyclic amines) is 1. The number of aryl methyl sites for hydroxylation is 1. The molecule has 1 aliphatic carbocycles. The Hall–Kier alpha value is -3.96. The average Bonchev–Trinajstić information content (AvgIpc) is 3.67. The smallest absolute Gasteiger partial charge is 0.241 e. The fourth-order valence-electron chi connectivity index (χ4n) is 5.57. The van der Waals surface area contributed by atoms with Crippen LogP contribution >= 0.6 is 11.3 Å². The van der Waals surface area contributed by atoms with Crippen LogP contribution < -0.4 is 10.6 Å². The summed E-state index contributed by atoms with van der Waals surface area (Å²) in [5.74, 6) is -0.858. The van der Waals surface area contributed by atoms with Crippen molar-refractivity contribution < 1.29 is 14.0 Å². The molecule has 11 heteroatoms. The van der Waals surface area contributed by atoms with Crippen molar-refractivity contribution in [3.05, 3.63) is 59.7 Å². The second-order valence-electron chi connectivity index (χ2n) is 10.1. The van der Waals surface area contributed by atoms with Crippen LogP contribution in [-0.2, 0) is 22.4 Å². The number of carbonyl (C=O) groups excluding carboxylic acids is 2. The number of hydrogen-bond acceptors (Lipinski definition) is 7. The largest absolute Gasteiger partial charge is 0.325 e. The molecule has 9 nitrogen and oxygen atoms in total. The summed E-state index contributed by atoms with van der Waals surface area (Å²) < 4.78 is 17.4. The lowest BCUT2D eigenvalue weighted by atomic mass is 9.95. The van der Waals surface area contributed by atoms with Crippen molar-refractivity contribution in [2.75, 3.05) is 30.8 Å². The van der Waals surface area contributed by atoms with E-state index in [9.17, 15) is 9.59 Å². The summed E-state index contributed by atoms with van der Waals surface area (Å²) in [6, 6.07) is 4.44. The van der Waals surface area contributed by atoms with E-state index in [0.717, 1.165) is 53.3 Å². The number of benzene rings is 1. The van der Waals surface area contributed by atoms with Gasteiger partial charge in [-0.05, 0) is 63.4 Å². The van der Waals surface area contributed by atoms with Crippen molar-refractivity contribution in [2.45, 2.75) is 59.4 Å². The van der Waals surface area contributed by atoms with Crippen LogP contribution in [0.1, 0.15) is 57.5 Å². The number of halogens is 1. The molecule has 1 aromatic carbocycles. The number of thiazole rings is 1. The van der Waals surface area contributed by atoms with Gasteiger partial charge in [0, 0.05) is 37.0 Å². The molecule has 1 fully saturated rings. The highest BCUT2D eigenvalue weighted by molar-refractivity contribution is 7.19. The highest BCUT2D eigenvalue weighted by Crippen LogP contribution is 2.43. The molecule has 2 aromatic heterocycles. The first-order chi connectivity index (χ1) is 19.8. The minimum Gasteiger partial charge on any atom is -0.325 e. The minimum absolute atomic E-state index is 0. The monoisotopic (exact) mass is 591 g/mol. The summed E-state index contributed by atoms with van der Waals surface area (Å²) >= 11 is 1.34. The van der Waals surface area contributed by atoms with Crippen molar-refractivity contribution in [1.29, 1.82) is 0 Å². The van der Waals surface area contributed by atoms with Crippen molar-refractivity contribution in [2.24, 2.45) is 4.99 Å². The maximum Gasteiger partial charge on any atom is 0.241 e. The number of anilines is 2. The van der Waals surface area contributed by atoms with Crippen LogP contribution in [0.25, 0.3) is 21.8 Å². The maximum atomic E-state index is 15.9. The molecule has 222 valence electrons. The predicted molar refractivity (Wildman–Crippen MR) is 169 cm³/mol. The Labute approximate surface area is 250 Å². The molecule has 1 unspecified atom stereocenters. The highest BCUT2D eigenvalue weighted by Gasteiger charge is 2.31. The number of aromatic nitrogens is 3. The fraction of sp³-hybridized carbons (Fsp3) is 0.387. The number of nitrogens with zero attached hydrogens (tertiary/aromatic N) is 5. The molecular weight excluding hydrogens is 553 g/mol. The Morgan fingerprint density at radius 3 is 2.64 bits per heavy atom. The van der Waals surface area contributed by atoms with E-state index in [2.05, 4.69) is 32.1 Å². The van der Waals surface area contributed by atoms with Gasteiger partial charge in [-0.2, -0.15) is 5.10 Å². The van der Waals surface area contributed by atoms with Gasteiger partial charge in [-0.25, -0.2) is 14.1 Å². The van der Waals surface area contributed by atoms with E-state index in [1.165, 1.54) is 24.3 Å². The van der Waals surface area contributed by atoms with Crippen LogP contribution in [0.4, 0.5) is 15.2 Å². The standard InChI is InChI=1S/C30H34FN7O2S.CH4/c1-5-9-19(17-32-4)26-21-11-12-23-28(41-30(35-23)33-18(3)39)27(21)38(36-26)25-13-10-20(16-22(25)31)34-29(40)24(6-2)37-14-7-8-15-37;/h5,9-10,13,16-17,24H,1,6-8,11-12,14-15H2,2-4H3,(H,34,40)(H,33,35,39);1H4/b19-9+,32-17?;. The van der Waals surface area contributed by atoms with E-state index in [1.54, 1.807) is 36.2 Å². The first kappa shape index (κ1) is 31.0. The normalized spacial score (nSPS) is 15.6. The third kappa shape index (κ3) is 6.12. The molecule has 1 saturated heterocycles. The Morgan fingerprint density at radius 1 is 1.24 bits per heavy atom. The van der Waals surface area contributed by atoms with Crippen molar-refractivity contribution in [3.63, 3.8) is 0 Å². The zero-order chi connectivity index (χ0) is 29.1. The van der Waals surface area contributed by atoms with Crippen LogP contribution in [0.5, 0.6) is 0 Å². The first-order valence-corrected chi connectivity index (χ1v) is 14.7.